The van der Waals surface area contributed by atoms with E-state index in [0.717, 1.165) is 30.6 Å². The second-order valence-electron chi connectivity index (χ2n) is 6.36. The summed E-state index contributed by atoms with van der Waals surface area (Å²) in [6, 6.07) is 5.36. The molecule has 25 heavy (non-hydrogen) atoms. The van der Waals surface area contributed by atoms with Crippen LogP contribution in [0.5, 0.6) is 0 Å². The topological polar surface area (TPSA) is 50.9 Å². The lowest BCUT2D eigenvalue weighted by Crippen LogP contribution is -2.44. The van der Waals surface area contributed by atoms with Gasteiger partial charge in [-0.1, -0.05) is 42.3 Å². The molecule has 1 aliphatic carbocycles. The van der Waals surface area contributed by atoms with Crippen LogP contribution < -0.4 is 0 Å². The van der Waals surface area contributed by atoms with Gasteiger partial charge in [-0.3, -0.25) is 0 Å². The summed E-state index contributed by atoms with van der Waals surface area (Å²) in [6.45, 7) is 2.52. The number of rotatable bonds is 8. The number of hydrogen-bond acceptors (Lipinski definition) is 4. The SMILES string of the molecule is CCCSC1(C(O)(/C=C\c2ccc(Cl)cc2Cl)Cn2cncn2)CC1. The van der Waals surface area contributed by atoms with Gasteiger partial charge >= 0.3 is 0 Å². The van der Waals surface area contributed by atoms with Gasteiger partial charge in [0, 0.05) is 10.0 Å². The third-order valence-corrected chi connectivity index (χ3v) is 6.94. The molecule has 1 atom stereocenters. The molecule has 0 aliphatic heterocycles. The second-order valence-corrected chi connectivity index (χ2v) is 8.68. The van der Waals surface area contributed by atoms with Gasteiger partial charge in [-0.25, -0.2) is 9.67 Å². The first kappa shape index (κ1) is 18.8. The van der Waals surface area contributed by atoms with Crippen molar-refractivity contribution in [3.63, 3.8) is 0 Å². The number of nitrogens with zero attached hydrogens (tertiary/aromatic N) is 3. The van der Waals surface area contributed by atoms with Gasteiger partial charge in [0.2, 0.25) is 0 Å². The number of aromatic nitrogens is 3. The number of halogens is 2. The van der Waals surface area contributed by atoms with Gasteiger partial charge in [0.15, 0.2) is 0 Å². The molecular weight excluding hydrogens is 377 g/mol. The van der Waals surface area contributed by atoms with Crippen molar-refractivity contribution in [3.8, 4) is 0 Å². The average Bonchev–Trinajstić information content (AvgIpc) is 3.22. The summed E-state index contributed by atoms with van der Waals surface area (Å²) in [5, 5.41) is 16.9. The Hall–Kier alpha value is -1.01. The van der Waals surface area contributed by atoms with Crippen LogP contribution in [0.25, 0.3) is 6.08 Å². The summed E-state index contributed by atoms with van der Waals surface area (Å²) in [5.41, 5.74) is -0.192. The van der Waals surface area contributed by atoms with Crippen LogP contribution >= 0.6 is 35.0 Å². The van der Waals surface area contributed by atoms with Crippen molar-refractivity contribution >= 4 is 41.0 Å². The molecule has 0 saturated heterocycles. The van der Waals surface area contributed by atoms with Crippen molar-refractivity contribution in [3.05, 3.63) is 52.5 Å². The minimum atomic E-state index is -1.02. The van der Waals surface area contributed by atoms with Crippen LogP contribution in [0.2, 0.25) is 10.0 Å². The van der Waals surface area contributed by atoms with Crippen molar-refractivity contribution < 1.29 is 5.11 Å². The van der Waals surface area contributed by atoms with Gasteiger partial charge < -0.3 is 5.11 Å². The van der Waals surface area contributed by atoms with Crippen molar-refractivity contribution in [2.45, 2.75) is 43.1 Å². The Morgan fingerprint density at radius 3 is 2.80 bits per heavy atom. The van der Waals surface area contributed by atoms with E-state index >= 15 is 0 Å². The van der Waals surface area contributed by atoms with Crippen LogP contribution in [0.3, 0.4) is 0 Å². The second kappa shape index (κ2) is 7.70. The number of benzene rings is 1. The summed E-state index contributed by atoms with van der Waals surface area (Å²) < 4.78 is 1.50. The Kier molecular flexibility index (Phi) is 5.78. The summed E-state index contributed by atoms with van der Waals surface area (Å²) in [5.74, 6) is 1.02. The van der Waals surface area contributed by atoms with Crippen molar-refractivity contribution in [1.82, 2.24) is 14.8 Å². The molecule has 1 saturated carbocycles. The van der Waals surface area contributed by atoms with E-state index < -0.39 is 5.60 Å². The predicted octanol–water partition coefficient (Wildman–Crippen LogP) is 4.71. The molecule has 1 aromatic heterocycles. The molecule has 0 amide bonds. The predicted molar refractivity (Wildman–Crippen MR) is 105 cm³/mol. The molecule has 2 aromatic rings. The number of aliphatic hydroxyl groups is 1. The molecule has 1 aromatic carbocycles. The molecule has 1 heterocycles. The maximum absolute atomic E-state index is 11.5. The fourth-order valence-corrected chi connectivity index (χ4v) is 4.73. The average molecular weight is 398 g/mol. The lowest BCUT2D eigenvalue weighted by molar-refractivity contribution is 0.0588. The van der Waals surface area contributed by atoms with Gasteiger partial charge in [0.1, 0.15) is 18.3 Å². The maximum Gasteiger partial charge on any atom is 0.137 e. The van der Waals surface area contributed by atoms with Crippen LogP contribution in [-0.2, 0) is 6.54 Å². The van der Waals surface area contributed by atoms with Gasteiger partial charge in [0.25, 0.3) is 0 Å². The van der Waals surface area contributed by atoms with Gasteiger partial charge in [-0.2, -0.15) is 16.9 Å². The van der Waals surface area contributed by atoms with Crippen LogP contribution in [0, 0.1) is 0 Å². The number of hydrogen-bond donors (Lipinski definition) is 1. The third kappa shape index (κ3) is 4.22. The lowest BCUT2D eigenvalue weighted by atomic mass is 9.95. The first-order valence-corrected chi connectivity index (χ1v) is 10.1. The quantitative estimate of drug-likeness (QED) is 0.700. The Labute approximate surface area is 162 Å². The maximum atomic E-state index is 11.5. The van der Waals surface area contributed by atoms with E-state index in [0.29, 0.717) is 16.6 Å². The molecule has 0 bridgehead atoms. The smallest absolute Gasteiger partial charge is 0.137 e. The third-order valence-electron chi connectivity index (χ3n) is 4.45. The summed E-state index contributed by atoms with van der Waals surface area (Å²) >= 11 is 14.1. The van der Waals surface area contributed by atoms with Gasteiger partial charge in [0.05, 0.1) is 11.3 Å². The molecular formula is C18H21Cl2N3OS. The van der Waals surface area contributed by atoms with Crippen molar-refractivity contribution in [1.29, 1.82) is 0 Å². The van der Waals surface area contributed by atoms with Crippen molar-refractivity contribution in [2.75, 3.05) is 5.75 Å². The molecule has 3 rings (SSSR count). The van der Waals surface area contributed by atoms with E-state index in [4.69, 9.17) is 23.2 Å². The fourth-order valence-electron chi connectivity index (χ4n) is 2.89. The molecule has 1 fully saturated rings. The normalized spacial score (nSPS) is 18.4. The molecule has 0 spiro atoms. The van der Waals surface area contributed by atoms with E-state index in [1.165, 1.54) is 6.33 Å². The summed E-state index contributed by atoms with van der Waals surface area (Å²) in [7, 11) is 0. The monoisotopic (exact) mass is 397 g/mol. The first-order valence-electron chi connectivity index (χ1n) is 8.31. The summed E-state index contributed by atoms with van der Waals surface area (Å²) in [6.07, 6.45) is 9.91. The molecule has 1 unspecified atom stereocenters. The number of thioether (sulfide) groups is 1. The molecule has 1 N–H and O–H groups in total. The van der Waals surface area contributed by atoms with Gasteiger partial charge in [-0.15, -0.1) is 0 Å². The van der Waals surface area contributed by atoms with Crippen LogP contribution in [0.4, 0.5) is 0 Å². The van der Waals surface area contributed by atoms with E-state index in [1.54, 1.807) is 23.1 Å². The lowest BCUT2D eigenvalue weighted by Gasteiger charge is -2.34. The Morgan fingerprint density at radius 1 is 1.40 bits per heavy atom. The van der Waals surface area contributed by atoms with E-state index in [-0.39, 0.29) is 4.75 Å². The highest BCUT2D eigenvalue weighted by atomic mass is 35.5. The Morgan fingerprint density at radius 2 is 2.20 bits per heavy atom. The van der Waals surface area contributed by atoms with Crippen LogP contribution in [0.15, 0.2) is 36.9 Å². The highest BCUT2D eigenvalue weighted by Crippen LogP contribution is 2.57. The largest absolute Gasteiger partial charge is 0.382 e. The van der Waals surface area contributed by atoms with Gasteiger partial charge in [-0.05, 0) is 48.8 Å². The molecule has 1 aliphatic rings. The minimum absolute atomic E-state index is 0.176. The Balaban J connectivity index is 1.89. The zero-order valence-electron chi connectivity index (χ0n) is 14.0. The molecule has 0 radical (unpaired) electrons. The van der Waals surface area contributed by atoms with Crippen LogP contribution in [-0.4, -0.2) is 36.0 Å². The standard InChI is InChI=1S/C18H21Cl2N3OS/c1-2-9-25-18(7-8-18)17(24,11-23-13-21-12-22-23)6-5-14-3-4-15(19)10-16(14)20/h3-6,10,12-13,24H,2,7-9,11H2,1H3/b6-5-. The minimum Gasteiger partial charge on any atom is -0.382 e. The van der Waals surface area contributed by atoms with E-state index in [1.807, 2.05) is 30.0 Å². The van der Waals surface area contributed by atoms with Crippen molar-refractivity contribution in [2.24, 2.45) is 0 Å². The molecule has 4 nitrogen and oxygen atoms in total. The highest BCUT2D eigenvalue weighted by Gasteiger charge is 2.58. The molecule has 7 heteroatoms. The zero-order valence-corrected chi connectivity index (χ0v) is 16.4. The van der Waals surface area contributed by atoms with E-state index in [9.17, 15) is 5.11 Å². The molecule has 134 valence electrons. The Bertz CT molecular complexity index is 747. The highest BCUT2D eigenvalue weighted by molar-refractivity contribution is 8.01. The zero-order chi connectivity index (χ0) is 17.9. The first-order chi connectivity index (χ1) is 12.0. The fraction of sp³-hybridized carbons (Fsp3) is 0.444. The summed E-state index contributed by atoms with van der Waals surface area (Å²) in [4.78, 5) is 3.99. The van der Waals surface area contributed by atoms with E-state index in [2.05, 4.69) is 17.0 Å². The van der Waals surface area contributed by atoms with Crippen LogP contribution in [0.1, 0.15) is 31.7 Å².